The molecule has 60 valence electrons. The fraction of sp³-hybridized carbons (Fsp3) is 0.857. The molecule has 0 fully saturated rings. The zero-order valence-electron chi connectivity index (χ0n) is 6.55. The van der Waals surface area contributed by atoms with Crippen LogP contribution in [-0.2, 0) is 4.79 Å². The van der Waals surface area contributed by atoms with Crippen LogP contribution in [0.3, 0.4) is 0 Å². The lowest BCUT2D eigenvalue weighted by atomic mass is 9.88. The largest absolute Gasteiger partial charge is 0.481 e. The Bertz CT molecular complexity index is 121. The third kappa shape index (κ3) is 4.32. The Kier molecular flexibility index (Phi) is 3.36. The topological polar surface area (TPSA) is 63.3 Å². The van der Waals surface area contributed by atoms with Crippen LogP contribution in [0.5, 0.6) is 0 Å². The van der Waals surface area contributed by atoms with Crippen molar-refractivity contribution in [2.45, 2.75) is 26.7 Å². The Morgan fingerprint density at radius 1 is 1.60 bits per heavy atom. The normalized spacial score (nSPS) is 11.5. The van der Waals surface area contributed by atoms with Crippen LogP contribution < -0.4 is 5.73 Å². The molecule has 0 rings (SSSR count). The van der Waals surface area contributed by atoms with Crippen molar-refractivity contribution in [1.29, 1.82) is 0 Å². The number of rotatable bonds is 4. The zero-order chi connectivity index (χ0) is 8.20. The Balaban J connectivity index is 3.56. The van der Waals surface area contributed by atoms with Gasteiger partial charge in [0.05, 0.1) is 0 Å². The lowest BCUT2D eigenvalue weighted by molar-refractivity contribution is -0.137. The minimum atomic E-state index is -0.749. The number of hydrogen-bond acceptors (Lipinski definition) is 2. The summed E-state index contributed by atoms with van der Waals surface area (Å²) >= 11 is 0. The Morgan fingerprint density at radius 3 is 2.40 bits per heavy atom. The first kappa shape index (κ1) is 9.43. The molecule has 0 radical (unpaired) electrons. The van der Waals surface area contributed by atoms with Crippen LogP contribution in [0.2, 0.25) is 0 Å². The van der Waals surface area contributed by atoms with Gasteiger partial charge in [0.25, 0.3) is 0 Å². The SMILES string of the molecule is CC(C)(CN)CCC(=O)O. The highest BCUT2D eigenvalue weighted by molar-refractivity contribution is 5.66. The lowest BCUT2D eigenvalue weighted by Gasteiger charge is -2.20. The van der Waals surface area contributed by atoms with Crippen molar-refractivity contribution < 1.29 is 9.90 Å². The van der Waals surface area contributed by atoms with E-state index < -0.39 is 5.97 Å². The van der Waals surface area contributed by atoms with Crippen LogP contribution in [0.1, 0.15) is 26.7 Å². The van der Waals surface area contributed by atoms with E-state index in [0.29, 0.717) is 13.0 Å². The lowest BCUT2D eigenvalue weighted by Crippen LogP contribution is -2.24. The van der Waals surface area contributed by atoms with E-state index in [2.05, 4.69) is 0 Å². The minimum absolute atomic E-state index is 0.0294. The van der Waals surface area contributed by atoms with Crippen molar-refractivity contribution in [3.8, 4) is 0 Å². The van der Waals surface area contributed by atoms with Crippen molar-refractivity contribution in [3.63, 3.8) is 0 Å². The summed E-state index contributed by atoms with van der Waals surface area (Å²) in [6.45, 7) is 4.48. The van der Waals surface area contributed by atoms with Crippen molar-refractivity contribution in [2.24, 2.45) is 11.1 Å². The third-order valence-corrected chi connectivity index (χ3v) is 1.57. The average Bonchev–Trinajstić information content (AvgIpc) is 1.85. The molecule has 0 bridgehead atoms. The number of carboxylic acids is 1. The maximum Gasteiger partial charge on any atom is 0.303 e. The van der Waals surface area contributed by atoms with Crippen molar-refractivity contribution in [1.82, 2.24) is 0 Å². The van der Waals surface area contributed by atoms with E-state index in [9.17, 15) is 4.79 Å². The maximum atomic E-state index is 10.1. The van der Waals surface area contributed by atoms with Gasteiger partial charge >= 0.3 is 5.97 Å². The number of aliphatic carboxylic acids is 1. The fourth-order valence-corrected chi connectivity index (χ4v) is 0.547. The number of carbonyl (C=O) groups is 1. The fourth-order valence-electron chi connectivity index (χ4n) is 0.547. The molecule has 3 N–H and O–H groups in total. The van der Waals surface area contributed by atoms with Gasteiger partial charge < -0.3 is 10.8 Å². The van der Waals surface area contributed by atoms with Gasteiger partial charge in [-0.2, -0.15) is 0 Å². The van der Waals surface area contributed by atoms with Crippen molar-refractivity contribution in [3.05, 3.63) is 0 Å². The van der Waals surface area contributed by atoms with E-state index in [4.69, 9.17) is 10.8 Å². The second kappa shape index (κ2) is 3.56. The highest BCUT2D eigenvalue weighted by Gasteiger charge is 2.16. The summed E-state index contributed by atoms with van der Waals surface area (Å²) in [5, 5.41) is 8.33. The van der Waals surface area contributed by atoms with Gasteiger partial charge in [0.1, 0.15) is 0 Å². The standard InChI is InChI=1S/C7H15NO2/c1-7(2,5-8)4-3-6(9)10/h3-5,8H2,1-2H3,(H,9,10). The molecule has 10 heavy (non-hydrogen) atoms. The van der Waals surface area contributed by atoms with E-state index in [1.807, 2.05) is 13.8 Å². The Hall–Kier alpha value is -0.570. The predicted octanol–water partition coefficient (Wildman–Crippen LogP) is 0.836. The quantitative estimate of drug-likeness (QED) is 0.616. The summed E-state index contributed by atoms with van der Waals surface area (Å²) in [7, 11) is 0. The molecule has 0 spiro atoms. The van der Waals surface area contributed by atoms with Crippen molar-refractivity contribution >= 4 is 5.97 Å². The van der Waals surface area contributed by atoms with Crippen LogP contribution >= 0.6 is 0 Å². The molecule has 0 amide bonds. The molecule has 0 aliphatic carbocycles. The molecule has 0 aromatic heterocycles. The molecule has 0 aliphatic rings. The van der Waals surface area contributed by atoms with E-state index in [-0.39, 0.29) is 11.8 Å². The molecule has 3 nitrogen and oxygen atoms in total. The summed E-state index contributed by atoms with van der Waals surface area (Å²) in [6, 6.07) is 0. The Morgan fingerprint density at radius 2 is 2.10 bits per heavy atom. The maximum absolute atomic E-state index is 10.1. The molecule has 0 saturated heterocycles. The number of hydrogen-bond donors (Lipinski definition) is 2. The highest BCUT2D eigenvalue weighted by Crippen LogP contribution is 2.19. The monoisotopic (exact) mass is 145 g/mol. The van der Waals surface area contributed by atoms with E-state index >= 15 is 0 Å². The average molecular weight is 145 g/mol. The first-order valence-corrected chi connectivity index (χ1v) is 3.40. The van der Waals surface area contributed by atoms with Gasteiger partial charge in [0.15, 0.2) is 0 Å². The highest BCUT2D eigenvalue weighted by atomic mass is 16.4. The summed E-state index contributed by atoms with van der Waals surface area (Å²) in [5.41, 5.74) is 5.37. The molecule has 0 unspecified atom stereocenters. The molecule has 0 atom stereocenters. The second-order valence-electron chi connectivity index (χ2n) is 3.26. The van der Waals surface area contributed by atoms with Gasteiger partial charge in [0.2, 0.25) is 0 Å². The van der Waals surface area contributed by atoms with E-state index in [1.165, 1.54) is 0 Å². The van der Waals surface area contributed by atoms with Gasteiger partial charge in [-0.25, -0.2) is 0 Å². The van der Waals surface area contributed by atoms with Crippen LogP contribution in [0.4, 0.5) is 0 Å². The number of carboxylic acid groups (broad SMARTS) is 1. The molecular formula is C7H15NO2. The first-order valence-electron chi connectivity index (χ1n) is 3.40. The summed E-state index contributed by atoms with van der Waals surface area (Å²) in [6.07, 6.45) is 0.864. The zero-order valence-corrected chi connectivity index (χ0v) is 6.55. The van der Waals surface area contributed by atoms with Crippen molar-refractivity contribution in [2.75, 3.05) is 6.54 Å². The van der Waals surface area contributed by atoms with Gasteiger partial charge in [0, 0.05) is 6.42 Å². The van der Waals surface area contributed by atoms with Gasteiger partial charge in [-0.15, -0.1) is 0 Å². The summed E-state index contributed by atoms with van der Waals surface area (Å²) in [4.78, 5) is 10.1. The molecular weight excluding hydrogens is 130 g/mol. The molecule has 0 aromatic rings. The van der Waals surface area contributed by atoms with Crippen LogP contribution in [0.25, 0.3) is 0 Å². The molecule has 0 aromatic carbocycles. The summed E-state index contributed by atoms with van der Waals surface area (Å²) in [5.74, 6) is -0.749. The molecule has 0 saturated carbocycles. The van der Waals surface area contributed by atoms with E-state index in [1.54, 1.807) is 0 Å². The van der Waals surface area contributed by atoms with Crippen LogP contribution in [-0.4, -0.2) is 17.6 Å². The van der Waals surface area contributed by atoms with Crippen LogP contribution in [0.15, 0.2) is 0 Å². The molecule has 3 heteroatoms. The molecule has 0 aliphatic heterocycles. The van der Waals surface area contributed by atoms with Crippen LogP contribution in [0, 0.1) is 5.41 Å². The Labute approximate surface area is 61.2 Å². The second-order valence-corrected chi connectivity index (χ2v) is 3.26. The van der Waals surface area contributed by atoms with Gasteiger partial charge in [-0.05, 0) is 18.4 Å². The smallest absolute Gasteiger partial charge is 0.303 e. The summed E-state index contributed by atoms with van der Waals surface area (Å²) < 4.78 is 0. The first-order chi connectivity index (χ1) is 4.48. The molecule has 0 heterocycles. The van der Waals surface area contributed by atoms with E-state index in [0.717, 1.165) is 0 Å². The van der Waals surface area contributed by atoms with Gasteiger partial charge in [-0.3, -0.25) is 4.79 Å². The third-order valence-electron chi connectivity index (χ3n) is 1.57. The minimum Gasteiger partial charge on any atom is -0.481 e. The van der Waals surface area contributed by atoms with Gasteiger partial charge in [-0.1, -0.05) is 13.8 Å². The number of nitrogens with two attached hydrogens (primary N) is 1. The predicted molar refractivity (Wildman–Crippen MR) is 39.7 cm³/mol.